The van der Waals surface area contributed by atoms with Gasteiger partial charge in [0.15, 0.2) is 0 Å². The summed E-state index contributed by atoms with van der Waals surface area (Å²) >= 11 is 0. The average Bonchev–Trinajstić information content (AvgIpc) is 3.39. The molecule has 0 heterocycles. The van der Waals surface area contributed by atoms with Gasteiger partial charge in [0.05, 0.1) is 39.9 Å². The first kappa shape index (κ1) is 75.7. The summed E-state index contributed by atoms with van der Waals surface area (Å²) in [7, 11) is 1.25. The summed E-state index contributed by atoms with van der Waals surface area (Å²) in [6.45, 7) is 4.67. The topological polar surface area (TPSA) is 108 Å². The first-order valence-electron chi connectivity index (χ1n) is 33.9. The van der Waals surface area contributed by atoms with Crippen LogP contribution in [-0.4, -0.2) is 68.5 Å². The Morgan fingerprint density at radius 1 is 0.442 bits per heavy atom. The summed E-state index contributed by atoms with van der Waals surface area (Å²) in [5.74, 6) is -0.204. The van der Waals surface area contributed by atoms with Crippen molar-refractivity contribution >= 4 is 13.7 Å². The van der Waals surface area contributed by atoms with Gasteiger partial charge < -0.3 is 28.8 Å². The normalized spacial score (nSPS) is 13.9. The van der Waals surface area contributed by atoms with Crippen LogP contribution in [-0.2, 0) is 18.4 Å². The molecule has 0 aliphatic rings. The highest BCUT2D eigenvalue weighted by Crippen LogP contribution is 2.38. The van der Waals surface area contributed by atoms with Gasteiger partial charge in [-0.05, 0) is 44.9 Å². The molecule has 77 heavy (non-hydrogen) atoms. The Labute approximate surface area is 480 Å². The quantitative estimate of drug-likeness (QED) is 0.0272. The summed E-state index contributed by atoms with van der Waals surface area (Å²) in [4.78, 5) is 25.6. The molecule has 0 bridgehead atoms. The first-order valence-corrected chi connectivity index (χ1v) is 35.3. The van der Waals surface area contributed by atoms with Crippen LogP contribution in [0.1, 0.15) is 341 Å². The summed E-state index contributed by atoms with van der Waals surface area (Å²) in [5.41, 5.74) is 0. The number of phosphoric ester groups is 1. The minimum Gasteiger partial charge on any atom is -0.756 e. The lowest BCUT2D eigenvalue weighted by atomic mass is 10.0. The highest BCUT2D eigenvalue weighted by atomic mass is 31.2. The van der Waals surface area contributed by atoms with Crippen molar-refractivity contribution in [2.75, 3.05) is 40.9 Å². The number of carbonyl (C=O) groups is 1. The number of nitrogens with one attached hydrogen (secondary N) is 1. The zero-order valence-electron chi connectivity index (χ0n) is 52.2. The van der Waals surface area contributed by atoms with Crippen LogP contribution in [0.15, 0.2) is 36.5 Å². The molecular weight excluding hydrogens is 972 g/mol. The number of nitrogens with zero attached hydrogens (tertiary/aromatic N) is 1. The van der Waals surface area contributed by atoms with E-state index in [1.165, 1.54) is 276 Å². The Balaban J connectivity index is 4.04. The number of amides is 1. The zero-order valence-corrected chi connectivity index (χ0v) is 53.1. The predicted molar refractivity (Wildman–Crippen MR) is 335 cm³/mol. The van der Waals surface area contributed by atoms with Gasteiger partial charge in [0.2, 0.25) is 5.91 Å². The van der Waals surface area contributed by atoms with E-state index in [2.05, 4.69) is 43.5 Å². The standard InChI is InChI=1S/C68H133N2O6P/c1-6-8-10-12-14-16-18-20-22-24-26-28-29-30-31-32-33-34-35-36-37-38-39-40-42-44-46-48-50-52-54-56-58-60-62-68(72)69-66(65-76-77(73,74)75-64-63-70(3,4)5)67(71)61-59-57-55-53-51-49-47-45-43-41-27-25-23-21-19-17-15-13-11-9-7-2/h43,45,51,53,59,61,66-67,71H,6-42,44,46-50,52,54-58,60,62-65H2,1-5H3,(H-,69,72,73,74)/b45-43+,53-51+,61-59+. The molecule has 0 rings (SSSR count). The number of hydrogen-bond donors (Lipinski definition) is 2. The van der Waals surface area contributed by atoms with Gasteiger partial charge in [-0.1, -0.05) is 326 Å². The molecule has 0 saturated carbocycles. The highest BCUT2D eigenvalue weighted by molar-refractivity contribution is 7.45. The van der Waals surface area contributed by atoms with Gasteiger partial charge in [0.25, 0.3) is 7.82 Å². The second-order valence-corrected chi connectivity index (χ2v) is 25.9. The van der Waals surface area contributed by atoms with E-state index in [4.69, 9.17) is 9.05 Å². The van der Waals surface area contributed by atoms with Crippen LogP contribution in [0.4, 0.5) is 0 Å². The molecule has 0 radical (unpaired) electrons. The SMILES string of the molecule is CCCCCCCCCCCCC/C=C/CC/C=C/CC/C=C/C(O)C(COP(=O)([O-])OCC[N+](C)(C)C)NC(=O)CCCCCCCCCCCCCCCCCCCCCCCCCCCCCCCCCCCC. The number of aliphatic hydroxyl groups is 1. The summed E-state index contributed by atoms with van der Waals surface area (Å²) < 4.78 is 23.4. The maximum atomic E-state index is 13.0. The number of phosphoric acid groups is 1. The van der Waals surface area contributed by atoms with Crippen LogP contribution in [0.5, 0.6) is 0 Å². The number of carbonyl (C=O) groups excluding carboxylic acids is 1. The summed E-state index contributed by atoms with van der Waals surface area (Å²) in [6, 6.07) is -0.909. The van der Waals surface area contributed by atoms with Crippen LogP contribution in [0.3, 0.4) is 0 Å². The van der Waals surface area contributed by atoms with Gasteiger partial charge in [-0.25, -0.2) is 0 Å². The van der Waals surface area contributed by atoms with Gasteiger partial charge >= 0.3 is 0 Å². The molecular formula is C68H133N2O6P. The van der Waals surface area contributed by atoms with Gasteiger partial charge in [0, 0.05) is 6.42 Å². The summed E-state index contributed by atoms with van der Waals surface area (Å²) in [5, 5.41) is 13.9. The fraction of sp³-hybridized carbons (Fsp3) is 0.897. The first-order chi connectivity index (χ1) is 37.5. The lowest BCUT2D eigenvalue weighted by Gasteiger charge is -2.29. The van der Waals surface area contributed by atoms with Crippen molar-refractivity contribution in [2.45, 2.75) is 353 Å². The number of allylic oxidation sites excluding steroid dienone is 5. The lowest BCUT2D eigenvalue weighted by Crippen LogP contribution is -2.45. The maximum Gasteiger partial charge on any atom is 0.268 e. The molecule has 0 fully saturated rings. The van der Waals surface area contributed by atoms with Crippen LogP contribution < -0.4 is 10.2 Å². The number of rotatable bonds is 63. The third-order valence-electron chi connectivity index (χ3n) is 15.6. The van der Waals surface area contributed by atoms with E-state index in [1.807, 2.05) is 27.2 Å². The van der Waals surface area contributed by atoms with Crippen LogP contribution >= 0.6 is 7.82 Å². The number of unbranched alkanes of at least 4 members (excludes halogenated alkanes) is 46. The number of hydrogen-bond acceptors (Lipinski definition) is 6. The van der Waals surface area contributed by atoms with Crippen molar-refractivity contribution in [1.82, 2.24) is 5.32 Å². The molecule has 0 saturated heterocycles. The molecule has 456 valence electrons. The average molecular weight is 1110 g/mol. The number of likely N-dealkylation sites (N-methyl/N-ethyl adjacent to an activating group) is 1. The minimum atomic E-state index is -4.61. The monoisotopic (exact) mass is 1100 g/mol. The molecule has 0 aliphatic carbocycles. The van der Waals surface area contributed by atoms with E-state index in [0.717, 1.165) is 44.9 Å². The van der Waals surface area contributed by atoms with Crippen molar-refractivity contribution in [3.8, 4) is 0 Å². The molecule has 3 atom stereocenters. The van der Waals surface area contributed by atoms with E-state index in [0.29, 0.717) is 17.4 Å². The third kappa shape index (κ3) is 62.2. The largest absolute Gasteiger partial charge is 0.756 e. The van der Waals surface area contributed by atoms with Gasteiger partial charge in [0.1, 0.15) is 13.2 Å². The van der Waals surface area contributed by atoms with Crippen molar-refractivity contribution in [1.29, 1.82) is 0 Å². The molecule has 3 unspecified atom stereocenters. The zero-order chi connectivity index (χ0) is 56.3. The van der Waals surface area contributed by atoms with E-state index in [1.54, 1.807) is 6.08 Å². The van der Waals surface area contributed by atoms with Crippen LogP contribution in [0, 0.1) is 0 Å². The molecule has 0 spiro atoms. The Kier molecular flexibility index (Phi) is 58.4. The molecule has 0 aromatic rings. The molecule has 0 aromatic carbocycles. The third-order valence-corrected chi connectivity index (χ3v) is 16.5. The molecule has 1 amide bonds. The summed E-state index contributed by atoms with van der Waals surface area (Å²) in [6.07, 6.45) is 78.5. The molecule has 0 aliphatic heterocycles. The van der Waals surface area contributed by atoms with Crippen molar-refractivity contribution in [3.05, 3.63) is 36.5 Å². The van der Waals surface area contributed by atoms with Gasteiger partial charge in [-0.3, -0.25) is 9.36 Å². The van der Waals surface area contributed by atoms with Crippen LogP contribution in [0.2, 0.25) is 0 Å². The van der Waals surface area contributed by atoms with E-state index in [-0.39, 0.29) is 12.5 Å². The molecule has 8 nitrogen and oxygen atoms in total. The van der Waals surface area contributed by atoms with Crippen molar-refractivity contribution in [2.24, 2.45) is 0 Å². The van der Waals surface area contributed by atoms with E-state index >= 15 is 0 Å². The lowest BCUT2D eigenvalue weighted by molar-refractivity contribution is -0.870. The number of quaternary nitrogens is 1. The Morgan fingerprint density at radius 2 is 0.727 bits per heavy atom. The van der Waals surface area contributed by atoms with Crippen molar-refractivity contribution in [3.63, 3.8) is 0 Å². The Bertz CT molecular complexity index is 1350. The van der Waals surface area contributed by atoms with E-state index in [9.17, 15) is 19.4 Å². The Hall–Kier alpha value is -1.28. The second-order valence-electron chi connectivity index (χ2n) is 24.5. The molecule has 9 heteroatoms. The fourth-order valence-corrected chi connectivity index (χ4v) is 11.0. The second kappa shape index (κ2) is 59.3. The van der Waals surface area contributed by atoms with Gasteiger partial charge in [-0.2, -0.15) is 0 Å². The van der Waals surface area contributed by atoms with Crippen molar-refractivity contribution < 1.29 is 32.9 Å². The fourth-order valence-electron chi connectivity index (χ4n) is 10.3. The number of aliphatic hydroxyl groups excluding tert-OH is 1. The minimum absolute atomic E-state index is 0.00720. The molecule has 2 N–H and O–H groups in total. The predicted octanol–water partition coefficient (Wildman–Crippen LogP) is 20.6. The highest BCUT2D eigenvalue weighted by Gasteiger charge is 2.23. The molecule has 0 aromatic heterocycles. The van der Waals surface area contributed by atoms with Gasteiger partial charge in [-0.15, -0.1) is 0 Å². The maximum absolute atomic E-state index is 13.0. The smallest absolute Gasteiger partial charge is 0.268 e. The Morgan fingerprint density at radius 3 is 1.05 bits per heavy atom. The van der Waals surface area contributed by atoms with Crippen LogP contribution in [0.25, 0.3) is 0 Å². The van der Waals surface area contributed by atoms with E-state index < -0.39 is 26.6 Å².